The lowest BCUT2D eigenvalue weighted by molar-refractivity contribution is -0.116. The SMILES string of the molecule is Cc1c(Cl)cccc1NC(=O)CCc1ccc(Cl)c(Cl)c1. The van der Waals surface area contributed by atoms with E-state index in [1.807, 2.05) is 25.1 Å². The first-order valence-corrected chi connectivity index (χ1v) is 7.59. The van der Waals surface area contributed by atoms with Crippen LogP contribution in [0.25, 0.3) is 0 Å². The van der Waals surface area contributed by atoms with Crippen molar-refractivity contribution < 1.29 is 4.79 Å². The predicted molar refractivity (Wildman–Crippen MR) is 89.6 cm³/mol. The van der Waals surface area contributed by atoms with Crippen LogP contribution in [0.1, 0.15) is 17.5 Å². The van der Waals surface area contributed by atoms with Gasteiger partial charge in [-0.15, -0.1) is 0 Å². The molecule has 0 aliphatic carbocycles. The molecule has 2 nitrogen and oxygen atoms in total. The summed E-state index contributed by atoms with van der Waals surface area (Å²) in [6, 6.07) is 10.8. The third-order valence-electron chi connectivity index (χ3n) is 3.17. The van der Waals surface area contributed by atoms with Crippen molar-refractivity contribution in [2.24, 2.45) is 0 Å². The van der Waals surface area contributed by atoms with Gasteiger partial charge in [-0.1, -0.05) is 46.9 Å². The lowest BCUT2D eigenvalue weighted by Gasteiger charge is -2.09. The van der Waals surface area contributed by atoms with E-state index >= 15 is 0 Å². The van der Waals surface area contributed by atoms with Crippen LogP contribution >= 0.6 is 34.8 Å². The van der Waals surface area contributed by atoms with Crippen LogP contribution in [0.2, 0.25) is 15.1 Å². The second-order valence-corrected chi connectivity index (χ2v) is 5.93. The first-order chi connectivity index (χ1) is 9.97. The Balaban J connectivity index is 1.96. The van der Waals surface area contributed by atoms with Crippen LogP contribution in [-0.4, -0.2) is 5.91 Å². The van der Waals surface area contributed by atoms with Crippen molar-refractivity contribution in [1.82, 2.24) is 0 Å². The summed E-state index contributed by atoms with van der Waals surface area (Å²) in [6.45, 7) is 1.87. The van der Waals surface area contributed by atoms with Gasteiger partial charge in [0.05, 0.1) is 10.0 Å². The third kappa shape index (κ3) is 4.37. The molecule has 0 unspecified atom stereocenters. The van der Waals surface area contributed by atoms with E-state index in [4.69, 9.17) is 34.8 Å². The summed E-state index contributed by atoms with van der Waals surface area (Å²) >= 11 is 17.8. The number of aryl methyl sites for hydroxylation is 1. The van der Waals surface area contributed by atoms with Gasteiger partial charge in [0.1, 0.15) is 0 Å². The minimum Gasteiger partial charge on any atom is -0.326 e. The number of benzene rings is 2. The van der Waals surface area contributed by atoms with E-state index in [-0.39, 0.29) is 5.91 Å². The molecule has 1 N–H and O–H groups in total. The average Bonchev–Trinajstić information content (AvgIpc) is 2.45. The third-order valence-corrected chi connectivity index (χ3v) is 4.32. The van der Waals surface area contributed by atoms with Crippen molar-refractivity contribution in [1.29, 1.82) is 0 Å². The number of carbonyl (C=O) groups excluding carboxylic acids is 1. The van der Waals surface area contributed by atoms with Gasteiger partial charge >= 0.3 is 0 Å². The zero-order valence-corrected chi connectivity index (χ0v) is 13.7. The summed E-state index contributed by atoms with van der Waals surface area (Å²) < 4.78 is 0. The molecule has 110 valence electrons. The Labute approximate surface area is 139 Å². The van der Waals surface area contributed by atoms with Crippen molar-refractivity contribution >= 4 is 46.4 Å². The van der Waals surface area contributed by atoms with Crippen molar-refractivity contribution in [2.75, 3.05) is 5.32 Å². The fourth-order valence-electron chi connectivity index (χ4n) is 1.91. The Bertz CT molecular complexity index is 671. The Hall–Kier alpha value is -1.22. The van der Waals surface area contributed by atoms with E-state index in [2.05, 4.69) is 5.32 Å². The van der Waals surface area contributed by atoms with Gasteiger partial charge in [0, 0.05) is 17.1 Å². The number of anilines is 1. The monoisotopic (exact) mass is 341 g/mol. The summed E-state index contributed by atoms with van der Waals surface area (Å²) in [4.78, 5) is 12.0. The highest BCUT2D eigenvalue weighted by atomic mass is 35.5. The predicted octanol–water partition coefficient (Wildman–Crippen LogP) is 5.53. The number of hydrogen-bond donors (Lipinski definition) is 1. The number of rotatable bonds is 4. The second-order valence-electron chi connectivity index (χ2n) is 4.71. The highest BCUT2D eigenvalue weighted by molar-refractivity contribution is 6.42. The van der Waals surface area contributed by atoms with Crippen LogP contribution in [0.5, 0.6) is 0 Å². The Morgan fingerprint density at radius 3 is 2.52 bits per heavy atom. The number of nitrogens with one attached hydrogen (secondary N) is 1. The quantitative estimate of drug-likeness (QED) is 0.778. The van der Waals surface area contributed by atoms with Crippen LogP contribution in [0.3, 0.4) is 0 Å². The minimum atomic E-state index is -0.0635. The molecule has 0 aliphatic rings. The van der Waals surface area contributed by atoms with Gasteiger partial charge in [-0.2, -0.15) is 0 Å². The summed E-state index contributed by atoms with van der Waals surface area (Å²) in [5.74, 6) is -0.0635. The lowest BCUT2D eigenvalue weighted by atomic mass is 10.1. The molecule has 0 aliphatic heterocycles. The number of hydrogen-bond acceptors (Lipinski definition) is 1. The summed E-state index contributed by atoms with van der Waals surface area (Å²) in [5.41, 5.74) is 2.58. The molecule has 0 saturated carbocycles. The summed E-state index contributed by atoms with van der Waals surface area (Å²) in [6.07, 6.45) is 0.965. The van der Waals surface area contributed by atoms with Crippen molar-refractivity contribution in [3.63, 3.8) is 0 Å². The van der Waals surface area contributed by atoms with Crippen LogP contribution in [0, 0.1) is 6.92 Å². The highest BCUT2D eigenvalue weighted by Crippen LogP contribution is 2.24. The normalized spacial score (nSPS) is 10.5. The van der Waals surface area contributed by atoms with E-state index in [0.717, 1.165) is 16.8 Å². The van der Waals surface area contributed by atoms with Gasteiger partial charge in [-0.25, -0.2) is 0 Å². The molecule has 0 saturated heterocycles. The first-order valence-electron chi connectivity index (χ1n) is 6.46. The maximum atomic E-state index is 12.0. The van der Waals surface area contributed by atoms with Gasteiger partial charge in [0.25, 0.3) is 0 Å². The summed E-state index contributed by atoms with van der Waals surface area (Å²) in [7, 11) is 0. The van der Waals surface area contributed by atoms with E-state index in [1.165, 1.54) is 0 Å². The molecule has 5 heteroatoms. The van der Waals surface area contributed by atoms with Crippen LogP contribution in [0.4, 0.5) is 5.69 Å². The van der Waals surface area contributed by atoms with E-state index < -0.39 is 0 Å². The fraction of sp³-hybridized carbons (Fsp3) is 0.188. The molecule has 0 aromatic heterocycles. The summed E-state index contributed by atoms with van der Waals surface area (Å²) in [5, 5.41) is 4.51. The zero-order valence-electron chi connectivity index (χ0n) is 11.4. The Morgan fingerprint density at radius 2 is 1.81 bits per heavy atom. The molecule has 0 fully saturated rings. The molecule has 2 rings (SSSR count). The van der Waals surface area contributed by atoms with Crippen LogP contribution in [0.15, 0.2) is 36.4 Å². The Kier molecular flexibility index (Phi) is 5.51. The maximum Gasteiger partial charge on any atom is 0.224 e. The van der Waals surface area contributed by atoms with Gasteiger partial charge in [-0.3, -0.25) is 4.79 Å². The van der Waals surface area contributed by atoms with E-state index in [1.54, 1.807) is 18.2 Å². The van der Waals surface area contributed by atoms with Gasteiger partial charge in [0.15, 0.2) is 0 Å². The van der Waals surface area contributed by atoms with Crippen LogP contribution in [-0.2, 0) is 11.2 Å². The zero-order chi connectivity index (χ0) is 15.4. The minimum absolute atomic E-state index is 0.0635. The van der Waals surface area contributed by atoms with Crippen molar-refractivity contribution in [3.8, 4) is 0 Å². The topological polar surface area (TPSA) is 29.1 Å². The average molecular weight is 343 g/mol. The lowest BCUT2D eigenvalue weighted by Crippen LogP contribution is -2.13. The molecule has 0 bridgehead atoms. The van der Waals surface area contributed by atoms with Crippen molar-refractivity contribution in [3.05, 3.63) is 62.6 Å². The van der Waals surface area contributed by atoms with Gasteiger partial charge in [-0.05, 0) is 48.7 Å². The molecule has 0 atom stereocenters. The maximum absolute atomic E-state index is 12.0. The molecular weight excluding hydrogens is 329 g/mol. The Morgan fingerprint density at radius 1 is 1.05 bits per heavy atom. The van der Waals surface area contributed by atoms with E-state index in [9.17, 15) is 4.79 Å². The molecule has 0 heterocycles. The molecule has 1 amide bonds. The van der Waals surface area contributed by atoms with E-state index in [0.29, 0.717) is 27.9 Å². The molecule has 21 heavy (non-hydrogen) atoms. The standard InChI is InChI=1S/C16H14Cl3NO/c1-10-12(17)3-2-4-15(10)20-16(21)8-6-11-5-7-13(18)14(19)9-11/h2-5,7,9H,6,8H2,1H3,(H,20,21). The second kappa shape index (κ2) is 7.17. The molecule has 2 aromatic carbocycles. The molecular formula is C16H14Cl3NO. The molecule has 0 radical (unpaired) electrons. The number of halogens is 3. The van der Waals surface area contributed by atoms with Gasteiger partial charge < -0.3 is 5.32 Å². The number of carbonyl (C=O) groups is 1. The molecule has 0 spiro atoms. The first kappa shape index (κ1) is 16.2. The van der Waals surface area contributed by atoms with Crippen molar-refractivity contribution in [2.45, 2.75) is 19.8 Å². The molecule has 2 aromatic rings. The van der Waals surface area contributed by atoms with Crippen LogP contribution < -0.4 is 5.32 Å². The fourth-order valence-corrected chi connectivity index (χ4v) is 2.40. The highest BCUT2D eigenvalue weighted by Gasteiger charge is 2.08. The smallest absolute Gasteiger partial charge is 0.224 e. The number of amides is 1. The largest absolute Gasteiger partial charge is 0.326 e. The van der Waals surface area contributed by atoms with Gasteiger partial charge in [0.2, 0.25) is 5.91 Å².